The fraction of sp³-hybridized carbons (Fsp3) is 0.286. The van der Waals surface area contributed by atoms with Crippen molar-refractivity contribution >= 4 is 11.6 Å². The van der Waals surface area contributed by atoms with Crippen molar-refractivity contribution in [1.29, 1.82) is 0 Å². The largest absolute Gasteiger partial charge is 0.323 e. The lowest BCUT2D eigenvalue weighted by Crippen LogP contribution is -2.10. The van der Waals surface area contributed by atoms with E-state index in [0.29, 0.717) is 24.2 Å². The molecule has 0 radical (unpaired) electrons. The Labute approximate surface area is 111 Å². The van der Waals surface area contributed by atoms with E-state index in [1.165, 1.54) is 6.07 Å². The van der Waals surface area contributed by atoms with E-state index >= 15 is 0 Å². The first-order valence-electron chi connectivity index (χ1n) is 6.24. The van der Waals surface area contributed by atoms with E-state index in [1.807, 2.05) is 6.92 Å². The first kappa shape index (κ1) is 13.3. The Balaban J connectivity index is 2.02. The lowest BCUT2D eigenvalue weighted by molar-refractivity contribution is -0.116. The molecule has 1 amide bonds. The maximum absolute atomic E-state index is 13.5. The summed E-state index contributed by atoms with van der Waals surface area (Å²) >= 11 is 0. The molecule has 5 heteroatoms. The maximum atomic E-state index is 13.5. The van der Waals surface area contributed by atoms with Crippen LogP contribution in [0.5, 0.6) is 0 Å². The van der Waals surface area contributed by atoms with E-state index in [4.69, 9.17) is 0 Å². The molecular weight excluding hydrogens is 245 g/mol. The van der Waals surface area contributed by atoms with Gasteiger partial charge in [-0.2, -0.15) is 5.10 Å². The number of hydrogen-bond acceptors (Lipinski definition) is 2. The highest BCUT2D eigenvalue weighted by Gasteiger charge is 2.05. The van der Waals surface area contributed by atoms with E-state index in [2.05, 4.69) is 10.4 Å². The molecule has 2 aromatic rings. The zero-order chi connectivity index (χ0) is 13.7. The van der Waals surface area contributed by atoms with Gasteiger partial charge in [-0.1, -0.05) is 25.1 Å². The normalized spacial score (nSPS) is 10.4. The van der Waals surface area contributed by atoms with Crippen molar-refractivity contribution in [1.82, 2.24) is 9.78 Å². The van der Waals surface area contributed by atoms with Crippen molar-refractivity contribution in [3.63, 3.8) is 0 Å². The summed E-state index contributed by atoms with van der Waals surface area (Å²) in [4.78, 5) is 11.4. The van der Waals surface area contributed by atoms with Gasteiger partial charge < -0.3 is 5.32 Å². The Bertz CT molecular complexity index is 565. The summed E-state index contributed by atoms with van der Waals surface area (Å²) in [5, 5.41) is 6.85. The van der Waals surface area contributed by atoms with Gasteiger partial charge in [-0.05, 0) is 12.5 Å². The summed E-state index contributed by atoms with van der Waals surface area (Å²) in [6.45, 7) is 2.29. The van der Waals surface area contributed by atoms with Crippen LogP contribution >= 0.6 is 0 Å². The van der Waals surface area contributed by atoms with Gasteiger partial charge in [0, 0.05) is 18.2 Å². The Kier molecular flexibility index (Phi) is 4.28. The topological polar surface area (TPSA) is 46.9 Å². The van der Waals surface area contributed by atoms with Gasteiger partial charge >= 0.3 is 0 Å². The van der Waals surface area contributed by atoms with Gasteiger partial charge in [-0.15, -0.1) is 0 Å². The first-order chi connectivity index (χ1) is 9.19. The molecule has 0 fully saturated rings. The predicted molar refractivity (Wildman–Crippen MR) is 71.3 cm³/mol. The van der Waals surface area contributed by atoms with E-state index in [1.54, 1.807) is 35.3 Å². The quantitative estimate of drug-likeness (QED) is 0.899. The number of nitrogens with zero attached hydrogens (tertiary/aromatic N) is 2. The van der Waals surface area contributed by atoms with Gasteiger partial charge in [-0.25, -0.2) is 4.39 Å². The van der Waals surface area contributed by atoms with Crippen molar-refractivity contribution in [2.75, 3.05) is 5.32 Å². The minimum atomic E-state index is -0.255. The zero-order valence-electron chi connectivity index (χ0n) is 10.8. The summed E-state index contributed by atoms with van der Waals surface area (Å²) in [5.74, 6) is -0.289. The van der Waals surface area contributed by atoms with Crippen LogP contribution in [-0.4, -0.2) is 15.7 Å². The highest BCUT2D eigenvalue weighted by Crippen LogP contribution is 2.11. The lowest BCUT2D eigenvalue weighted by atomic mass is 10.2. The monoisotopic (exact) mass is 261 g/mol. The number of carbonyl (C=O) groups is 1. The van der Waals surface area contributed by atoms with Crippen LogP contribution in [0.2, 0.25) is 0 Å². The minimum Gasteiger partial charge on any atom is -0.323 e. The summed E-state index contributed by atoms with van der Waals surface area (Å²) in [6, 6.07) is 6.57. The number of carbonyl (C=O) groups excluding carboxylic acids is 1. The molecule has 19 heavy (non-hydrogen) atoms. The Morgan fingerprint density at radius 3 is 2.95 bits per heavy atom. The molecular formula is C14H16FN3O. The van der Waals surface area contributed by atoms with Crippen molar-refractivity contribution in [2.45, 2.75) is 26.3 Å². The third kappa shape index (κ3) is 3.64. The Morgan fingerprint density at radius 1 is 1.42 bits per heavy atom. The van der Waals surface area contributed by atoms with Crippen LogP contribution < -0.4 is 5.32 Å². The van der Waals surface area contributed by atoms with E-state index in [9.17, 15) is 9.18 Å². The lowest BCUT2D eigenvalue weighted by Gasteiger charge is -2.03. The predicted octanol–water partition coefficient (Wildman–Crippen LogP) is 2.81. The molecule has 0 saturated heterocycles. The van der Waals surface area contributed by atoms with Gasteiger partial charge in [0.1, 0.15) is 5.82 Å². The molecule has 0 bridgehead atoms. The summed E-state index contributed by atoms with van der Waals surface area (Å²) in [5.41, 5.74) is 1.20. The number of halogens is 1. The van der Waals surface area contributed by atoms with Crippen LogP contribution in [0.3, 0.4) is 0 Å². The van der Waals surface area contributed by atoms with Crippen LogP contribution in [0.15, 0.2) is 36.7 Å². The number of benzene rings is 1. The maximum Gasteiger partial charge on any atom is 0.224 e. The van der Waals surface area contributed by atoms with Gasteiger partial charge in [0.2, 0.25) is 5.91 Å². The zero-order valence-corrected chi connectivity index (χ0v) is 10.8. The van der Waals surface area contributed by atoms with E-state index in [0.717, 1.165) is 6.42 Å². The molecule has 0 unspecified atom stereocenters. The molecule has 0 spiro atoms. The highest BCUT2D eigenvalue weighted by molar-refractivity contribution is 5.90. The molecule has 1 N–H and O–H groups in total. The van der Waals surface area contributed by atoms with Gasteiger partial charge in [0.05, 0.1) is 18.4 Å². The van der Waals surface area contributed by atoms with Crippen molar-refractivity contribution in [2.24, 2.45) is 0 Å². The Morgan fingerprint density at radius 2 is 2.21 bits per heavy atom. The van der Waals surface area contributed by atoms with Gasteiger partial charge in [-0.3, -0.25) is 9.48 Å². The van der Waals surface area contributed by atoms with Crippen LogP contribution in [0.4, 0.5) is 10.1 Å². The number of aromatic nitrogens is 2. The number of hydrogen-bond donors (Lipinski definition) is 1. The molecule has 0 aliphatic carbocycles. The number of nitrogens with one attached hydrogen (secondary N) is 1. The van der Waals surface area contributed by atoms with Crippen molar-refractivity contribution < 1.29 is 9.18 Å². The molecule has 100 valence electrons. The highest BCUT2D eigenvalue weighted by atomic mass is 19.1. The minimum absolute atomic E-state index is 0.0343. The first-order valence-corrected chi connectivity index (χ1v) is 6.24. The molecule has 2 rings (SSSR count). The molecule has 1 aromatic carbocycles. The van der Waals surface area contributed by atoms with Crippen LogP contribution in [0.25, 0.3) is 0 Å². The third-order valence-corrected chi connectivity index (χ3v) is 2.68. The summed E-state index contributed by atoms with van der Waals surface area (Å²) in [6.07, 6.45) is 4.54. The average molecular weight is 261 g/mol. The summed E-state index contributed by atoms with van der Waals surface area (Å²) < 4.78 is 15.1. The molecule has 1 aromatic heterocycles. The molecule has 0 saturated carbocycles. The summed E-state index contributed by atoms with van der Waals surface area (Å²) in [7, 11) is 0. The van der Waals surface area contributed by atoms with Crippen LogP contribution in [0, 0.1) is 5.82 Å². The molecule has 0 atom stereocenters. The second-order valence-corrected chi connectivity index (χ2v) is 4.32. The van der Waals surface area contributed by atoms with Gasteiger partial charge in [0.15, 0.2) is 0 Å². The van der Waals surface area contributed by atoms with E-state index < -0.39 is 0 Å². The third-order valence-electron chi connectivity index (χ3n) is 2.68. The number of anilines is 1. The van der Waals surface area contributed by atoms with Crippen LogP contribution in [-0.2, 0) is 11.3 Å². The number of rotatable bonds is 5. The second-order valence-electron chi connectivity index (χ2n) is 4.32. The fourth-order valence-corrected chi connectivity index (χ4v) is 1.77. The Hall–Kier alpha value is -2.17. The second kappa shape index (κ2) is 6.13. The fourth-order valence-electron chi connectivity index (χ4n) is 1.77. The average Bonchev–Trinajstić information content (AvgIpc) is 2.80. The van der Waals surface area contributed by atoms with Gasteiger partial charge in [0.25, 0.3) is 0 Å². The standard InChI is InChI=1S/C14H16FN3O/c1-2-5-14(19)17-12-8-16-18(10-12)9-11-6-3-4-7-13(11)15/h3-4,6-8,10H,2,5,9H2,1H3,(H,17,19). The molecule has 0 aliphatic heterocycles. The molecule has 4 nitrogen and oxygen atoms in total. The van der Waals surface area contributed by atoms with Crippen molar-refractivity contribution in [3.05, 3.63) is 48.0 Å². The SMILES string of the molecule is CCCC(=O)Nc1cnn(Cc2ccccc2F)c1. The van der Waals surface area contributed by atoms with Crippen molar-refractivity contribution in [3.8, 4) is 0 Å². The van der Waals surface area contributed by atoms with E-state index in [-0.39, 0.29) is 11.7 Å². The molecule has 1 heterocycles. The smallest absolute Gasteiger partial charge is 0.224 e. The van der Waals surface area contributed by atoms with Crippen LogP contribution in [0.1, 0.15) is 25.3 Å². The molecule has 0 aliphatic rings. The number of amides is 1.